The van der Waals surface area contributed by atoms with Gasteiger partial charge in [0.25, 0.3) is 10.0 Å². The van der Waals surface area contributed by atoms with E-state index in [1.165, 1.54) is 17.0 Å². The molecule has 0 heterocycles. The van der Waals surface area contributed by atoms with Gasteiger partial charge in [0.15, 0.2) is 0 Å². The number of rotatable bonds is 15. The summed E-state index contributed by atoms with van der Waals surface area (Å²) in [5.41, 5.74) is 2.61. The van der Waals surface area contributed by atoms with Crippen LogP contribution in [0.4, 0.5) is 5.69 Å². The molecule has 0 aliphatic carbocycles. The van der Waals surface area contributed by atoms with Gasteiger partial charge >= 0.3 is 0 Å². The molecule has 10 heteroatoms. The molecule has 51 heavy (non-hydrogen) atoms. The molecule has 0 fully saturated rings. The summed E-state index contributed by atoms with van der Waals surface area (Å²) in [6.45, 7) is 5.13. The van der Waals surface area contributed by atoms with Crippen molar-refractivity contribution in [3.05, 3.63) is 155 Å². The van der Waals surface area contributed by atoms with Gasteiger partial charge in [0.2, 0.25) is 11.8 Å². The minimum absolute atomic E-state index is 0.0216. The van der Waals surface area contributed by atoms with Crippen molar-refractivity contribution in [1.29, 1.82) is 0 Å². The van der Waals surface area contributed by atoms with Crippen LogP contribution >= 0.6 is 11.6 Å². The van der Waals surface area contributed by atoms with Gasteiger partial charge in [-0.05, 0) is 86.0 Å². The number of sulfonamides is 1. The number of amides is 2. The highest BCUT2D eigenvalue weighted by Crippen LogP contribution is 2.29. The van der Waals surface area contributed by atoms with Gasteiger partial charge in [0, 0.05) is 24.0 Å². The molecule has 0 saturated carbocycles. The van der Waals surface area contributed by atoms with Crippen LogP contribution in [0.15, 0.2) is 138 Å². The largest absolute Gasteiger partial charge is 0.457 e. The number of aryl methyl sites for hydroxylation is 1. The Morgan fingerprint density at radius 3 is 2.00 bits per heavy atom. The quantitative estimate of drug-likeness (QED) is 0.118. The summed E-state index contributed by atoms with van der Waals surface area (Å²) in [6, 6.07) is 37.6. The lowest BCUT2D eigenvalue weighted by molar-refractivity contribution is -0.140. The number of halogens is 1. The van der Waals surface area contributed by atoms with Crippen molar-refractivity contribution in [3.63, 3.8) is 0 Å². The van der Waals surface area contributed by atoms with Crippen molar-refractivity contribution >= 4 is 39.1 Å². The minimum atomic E-state index is -4.26. The molecule has 8 nitrogen and oxygen atoms in total. The molecule has 0 unspecified atom stereocenters. The monoisotopic (exact) mass is 723 g/mol. The number of hydrogen-bond acceptors (Lipinski definition) is 5. The van der Waals surface area contributed by atoms with E-state index in [0.29, 0.717) is 28.5 Å². The maximum absolute atomic E-state index is 14.7. The zero-order valence-corrected chi connectivity index (χ0v) is 30.5. The zero-order chi connectivity index (χ0) is 36.4. The van der Waals surface area contributed by atoms with Gasteiger partial charge < -0.3 is 15.0 Å². The lowest BCUT2D eigenvalue weighted by atomic mass is 10.0. The Balaban J connectivity index is 1.57. The van der Waals surface area contributed by atoms with Crippen LogP contribution in [0, 0.1) is 6.92 Å². The summed E-state index contributed by atoms with van der Waals surface area (Å²) in [4.78, 5) is 30.3. The van der Waals surface area contributed by atoms with Gasteiger partial charge in [-0.2, -0.15) is 0 Å². The molecule has 0 aliphatic rings. The highest BCUT2D eigenvalue weighted by Gasteiger charge is 2.35. The van der Waals surface area contributed by atoms with Gasteiger partial charge in [-0.1, -0.05) is 103 Å². The van der Waals surface area contributed by atoms with Crippen molar-refractivity contribution in [2.45, 2.75) is 57.1 Å². The standard InChI is InChI=1S/C41H42ClN3O5S/c1-4-31(3)43-41(47)39(27-32-13-7-5-8-14-32)44(28-33-15-11-12-18-38(33)42)40(46)29-45(51(48,49)37-25-19-30(2)20-26-37)34-21-23-36(24-22-34)50-35-16-9-6-10-17-35/h5-26,31,39H,4,27-29H2,1-3H3,(H,43,47)/t31-,39+/m1/s1. The van der Waals surface area contributed by atoms with Crippen LogP contribution in [-0.2, 0) is 32.6 Å². The van der Waals surface area contributed by atoms with Crippen molar-refractivity contribution < 1.29 is 22.7 Å². The van der Waals surface area contributed by atoms with Gasteiger partial charge in [-0.25, -0.2) is 8.42 Å². The smallest absolute Gasteiger partial charge is 0.264 e. The predicted molar refractivity (Wildman–Crippen MR) is 203 cm³/mol. The Morgan fingerprint density at radius 1 is 0.784 bits per heavy atom. The lowest BCUT2D eigenvalue weighted by Crippen LogP contribution is -2.54. The van der Waals surface area contributed by atoms with E-state index in [2.05, 4.69) is 5.32 Å². The molecular weight excluding hydrogens is 682 g/mol. The average Bonchev–Trinajstić information content (AvgIpc) is 3.14. The van der Waals surface area contributed by atoms with Gasteiger partial charge in [0.05, 0.1) is 10.6 Å². The number of nitrogens with zero attached hydrogens (tertiary/aromatic N) is 2. The molecular formula is C41H42ClN3O5S. The fraction of sp³-hybridized carbons (Fsp3) is 0.220. The van der Waals surface area contributed by atoms with Crippen LogP contribution in [0.2, 0.25) is 5.02 Å². The third kappa shape index (κ3) is 9.78. The molecule has 0 aliphatic heterocycles. The molecule has 0 bridgehead atoms. The number of benzene rings is 5. The Labute approximate surface area is 305 Å². The molecule has 1 N–H and O–H groups in total. The minimum Gasteiger partial charge on any atom is -0.457 e. The Morgan fingerprint density at radius 2 is 1.37 bits per heavy atom. The highest BCUT2D eigenvalue weighted by atomic mass is 35.5. The maximum Gasteiger partial charge on any atom is 0.264 e. The molecule has 5 aromatic rings. The Kier molecular flexibility index (Phi) is 12.5. The van der Waals surface area contributed by atoms with Gasteiger partial charge in [-0.3, -0.25) is 13.9 Å². The van der Waals surface area contributed by atoms with E-state index in [0.717, 1.165) is 15.4 Å². The number of nitrogens with one attached hydrogen (secondary N) is 1. The first-order valence-corrected chi connectivity index (χ1v) is 18.7. The van der Waals surface area contributed by atoms with Crippen LogP contribution in [-0.4, -0.2) is 43.8 Å². The molecule has 2 atom stereocenters. The fourth-order valence-electron chi connectivity index (χ4n) is 5.48. The summed E-state index contributed by atoms with van der Waals surface area (Å²) >= 11 is 6.61. The summed E-state index contributed by atoms with van der Waals surface area (Å²) in [5, 5.41) is 3.47. The molecule has 0 radical (unpaired) electrons. The fourth-order valence-corrected chi connectivity index (χ4v) is 7.09. The van der Waals surface area contributed by atoms with E-state index in [9.17, 15) is 18.0 Å². The van der Waals surface area contributed by atoms with Crippen molar-refractivity contribution in [1.82, 2.24) is 10.2 Å². The molecule has 0 saturated heterocycles. The van der Waals surface area contributed by atoms with Crippen LogP contribution in [0.25, 0.3) is 0 Å². The van der Waals surface area contributed by atoms with Gasteiger partial charge in [-0.15, -0.1) is 0 Å². The number of anilines is 1. The Bertz CT molecular complexity index is 2010. The molecule has 5 aromatic carbocycles. The Hall–Kier alpha value is -5.12. The molecule has 2 amide bonds. The maximum atomic E-state index is 14.7. The number of hydrogen-bond donors (Lipinski definition) is 1. The third-order valence-corrected chi connectivity index (χ3v) is 10.7. The summed E-state index contributed by atoms with van der Waals surface area (Å²) in [7, 11) is -4.26. The van der Waals surface area contributed by atoms with E-state index in [1.54, 1.807) is 54.6 Å². The zero-order valence-electron chi connectivity index (χ0n) is 28.9. The topological polar surface area (TPSA) is 96.0 Å². The molecule has 0 aromatic heterocycles. The van der Waals surface area contributed by atoms with E-state index >= 15 is 0 Å². The first kappa shape index (κ1) is 37.1. The average molecular weight is 724 g/mol. The SMILES string of the molecule is CC[C@@H](C)NC(=O)[C@H](Cc1ccccc1)N(Cc1ccccc1Cl)C(=O)CN(c1ccc(Oc2ccccc2)cc1)S(=O)(=O)c1ccc(C)cc1. The number of carbonyl (C=O) groups is 2. The first-order valence-electron chi connectivity index (χ1n) is 16.8. The van der Waals surface area contributed by atoms with Crippen molar-refractivity contribution in [2.75, 3.05) is 10.8 Å². The van der Waals surface area contributed by atoms with Crippen LogP contribution < -0.4 is 14.4 Å². The second kappa shape index (κ2) is 17.2. The summed E-state index contributed by atoms with van der Waals surface area (Å²) < 4.78 is 35.8. The molecule has 0 spiro atoms. The molecule has 5 rings (SSSR count). The number of carbonyl (C=O) groups excluding carboxylic acids is 2. The number of ether oxygens (including phenoxy) is 1. The van der Waals surface area contributed by atoms with Crippen molar-refractivity contribution in [2.24, 2.45) is 0 Å². The summed E-state index contributed by atoms with van der Waals surface area (Å²) in [6.07, 6.45) is 0.893. The van der Waals surface area contributed by atoms with E-state index in [1.807, 2.05) is 87.5 Å². The van der Waals surface area contributed by atoms with E-state index < -0.39 is 28.5 Å². The van der Waals surface area contributed by atoms with E-state index in [-0.39, 0.29) is 35.5 Å². The van der Waals surface area contributed by atoms with Crippen LogP contribution in [0.3, 0.4) is 0 Å². The predicted octanol–water partition coefficient (Wildman–Crippen LogP) is 8.19. The third-order valence-electron chi connectivity index (χ3n) is 8.56. The van der Waals surface area contributed by atoms with Gasteiger partial charge in [0.1, 0.15) is 24.1 Å². The van der Waals surface area contributed by atoms with Crippen molar-refractivity contribution in [3.8, 4) is 11.5 Å². The van der Waals surface area contributed by atoms with Crippen LogP contribution in [0.1, 0.15) is 37.0 Å². The molecule has 264 valence electrons. The second-order valence-corrected chi connectivity index (χ2v) is 14.6. The second-order valence-electron chi connectivity index (χ2n) is 12.4. The van der Waals surface area contributed by atoms with E-state index in [4.69, 9.17) is 16.3 Å². The van der Waals surface area contributed by atoms with Crippen LogP contribution in [0.5, 0.6) is 11.5 Å². The highest BCUT2D eigenvalue weighted by molar-refractivity contribution is 7.92. The first-order chi connectivity index (χ1) is 24.5. The summed E-state index contributed by atoms with van der Waals surface area (Å²) in [5.74, 6) is 0.202. The normalized spacial score (nSPS) is 12.4. The lowest BCUT2D eigenvalue weighted by Gasteiger charge is -2.34. The number of para-hydroxylation sites is 1.